The Labute approximate surface area is 248 Å². The zero-order valence-corrected chi connectivity index (χ0v) is 25.8. The number of benzene rings is 2. The van der Waals surface area contributed by atoms with Crippen LogP contribution in [0, 0.1) is 13.8 Å². The number of hydrogen-bond acceptors (Lipinski definition) is 7. The molecule has 0 aliphatic heterocycles. The molecular formula is C32H45N3O7. The quantitative estimate of drug-likeness (QED) is 0.234. The normalized spacial score (nSPS) is 12.5. The number of carbonyl (C=O) groups excluding carboxylic acids is 4. The minimum atomic E-state index is -1.09. The number of aromatic hydroxyl groups is 1. The third kappa shape index (κ3) is 10.4. The second-order valence-electron chi connectivity index (χ2n) is 11.3. The maximum Gasteiger partial charge on any atom is 0.408 e. The van der Waals surface area contributed by atoms with Crippen molar-refractivity contribution in [2.75, 3.05) is 20.2 Å². The zero-order chi connectivity index (χ0) is 31.4. The van der Waals surface area contributed by atoms with Gasteiger partial charge >= 0.3 is 12.1 Å². The van der Waals surface area contributed by atoms with Crippen molar-refractivity contribution >= 4 is 23.9 Å². The second-order valence-corrected chi connectivity index (χ2v) is 11.3. The minimum Gasteiger partial charge on any atom is -0.508 e. The van der Waals surface area contributed by atoms with E-state index in [1.807, 2.05) is 32.9 Å². The minimum absolute atomic E-state index is 0.0696. The van der Waals surface area contributed by atoms with Crippen LogP contribution in [0.15, 0.2) is 42.5 Å². The lowest BCUT2D eigenvalue weighted by atomic mass is 9.94. The van der Waals surface area contributed by atoms with Crippen molar-refractivity contribution in [2.45, 2.75) is 84.9 Å². The highest BCUT2D eigenvalue weighted by Gasteiger charge is 2.37. The van der Waals surface area contributed by atoms with Crippen LogP contribution in [-0.2, 0) is 30.3 Å². The van der Waals surface area contributed by atoms with Crippen LogP contribution >= 0.6 is 0 Å². The lowest BCUT2D eigenvalue weighted by Crippen LogP contribution is -2.54. The lowest BCUT2D eigenvalue weighted by molar-refractivity contribution is -0.144. The third-order valence-electron chi connectivity index (χ3n) is 6.79. The summed E-state index contributed by atoms with van der Waals surface area (Å²) < 4.78 is 10.2. The van der Waals surface area contributed by atoms with E-state index >= 15 is 0 Å². The predicted octanol–water partition coefficient (Wildman–Crippen LogP) is 4.49. The number of nitrogens with zero attached hydrogens (tertiary/aromatic N) is 1. The third-order valence-corrected chi connectivity index (χ3v) is 6.79. The van der Waals surface area contributed by atoms with Crippen LogP contribution in [0.5, 0.6) is 5.75 Å². The zero-order valence-electron chi connectivity index (χ0n) is 25.8. The first-order valence-electron chi connectivity index (χ1n) is 14.3. The Morgan fingerprint density at radius 3 is 2.26 bits per heavy atom. The van der Waals surface area contributed by atoms with E-state index in [0.717, 1.165) is 24.0 Å². The second kappa shape index (κ2) is 15.8. The van der Waals surface area contributed by atoms with Crippen LogP contribution in [0.3, 0.4) is 0 Å². The molecule has 0 saturated carbocycles. The molecule has 0 spiro atoms. The van der Waals surface area contributed by atoms with Gasteiger partial charge in [-0.25, -0.2) is 4.79 Å². The molecule has 3 amide bonds. The number of unbranched alkanes of at least 4 members (excludes halogenated alkanes) is 2. The number of ether oxygens (including phenoxy) is 2. The number of rotatable bonds is 13. The average molecular weight is 584 g/mol. The van der Waals surface area contributed by atoms with Gasteiger partial charge in [-0.05, 0) is 75.4 Å². The van der Waals surface area contributed by atoms with Gasteiger partial charge < -0.3 is 30.1 Å². The van der Waals surface area contributed by atoms with Crippen molar-refractivity contribution in [3.63, 3.8) is 0 Å². The molecule has 10 heteroatoms. The summed E-state index contributed by atoms with van der Waals surface area (Å²) in [5.74, 6) is -1.58. The van der Waals surface area contributed by atoms with Gasteiger partial charge in [-0.2, -0.15) is 0 Å². The number of phenols is 1. The first-order valence-corrected chi connectivity index (χ1v) is 14.3. The average Bonchev–Trinajstić information content (AvgIpc) is 2.92. The van der Waals surface area contributed by atoms with Crippen LogP contribution in [0.1, 0.15) is 75.3 Å². The summed E-state index contributed by atoms with van der Waals surface area (Å²) in [5.41, 5.74) is 2.27. The molecule has 0 fully saturated rings. The summed E-state index contributed by atoms with van der Waals surface area (Å²) in [7, 11) is 1.23. The Hall–Kier alpha value is -4.08. The van der Waals surface area contributed by atoms with Gasteiger partial charge in [-0.1, -0.05) is 50.1 Å². The van der Waals surface area contributed by atoms with Gasteiger partial charge in [0, 0.05) is 13.0 Å². The molecule has 0 radical (unpaired) electrons. The van der Waals surface area contributed by atoms with E-state index in [1.54, 1.807) is 39.0 Å². The molecule has 10 nitrogen and oxygen atoms in total. The molecule has 42 heavy (non-hydrogen) atoms. The van der Waals surface area contributed by atoms with Gasteiger partial charge in [-0.15, -0.1) is 0 Å². The first kappa shape index (κ1) is 34.1. The Morgan fingerprint density at radius 2 is 1.67 bits per heavy atom. The maximum atomic E-state index is 14.5. The van der Waals surface area contributed by atoms with Gasteiger partial charge in [0.15, 0.2) is 0 Å². The van der Waals surface area contributed by atoms with Gasteiger partial charge in [0.25, 0.3) is 0 Å². The number of carbonyl (C=O) groups is 4. The van der Waals surface area contributed by atoms with E-state index < -0.39 is 41.6 Å². The number of amides is 3. The van der Waals surface area contributed by atoms with Gasteiger partial charge in [0.2, 0.25) is 11.8 Å². The van der Waals surface area contributed by atoms with Crippen molar-refractivity contribution < 1.29 is 33.8 Å². The summed E-state index contributed by atoms with van der Waals surface area (Å²) in [6.45, 7) is 10.9. The number of nitrogens with one attached hydrogen (secondary N) is 2. The molecule has 0 aliphatic carbocycles. The Morgan fingerprint density at radius 1 is 1.00 bits per heavy atom. The molecule has 2 aromatic rings. The molecule has 230 valence electrons. The summed E-state index contributed by atoms with van der Waals surface area (Å²) in [4.78, 5) is 54.5. The summed E-state index contributed by atoms with van der Waals surface area (Å²) in [5, 5.41) is 15.1. The smallest absolute Gasteiger partial charge is 0.408 e. The molecule has 0 bridgehead atoms. The predicted molar refractivity (Wildman–Crippen MR) is 160 cm³/mol. The van der Waals surface area contributed by atoms with Crippen LogP contribution < -0.4 is 10.6 Å². The molecule has 2 atom stereocenters. The monoisotopic (exact) mass is 583 g/mol. The van der Waals surface area contributed by atoms with E-state index in [4.69, 9.17) is 9.47 Å². The fraction of sp³-hybridized carbons (Fsp3) is 0.500. The van der Waals surface area contributed by atoms with Gasteiger partial charge in [0.05, 0.1) is 7.11 Å². The fourth-order valence-electron chi connectivity index (χ4n) is 4.47. The maximum absolute atomic E-state index is 14.5. The fourth-order valence-corrected chi connectivity index (χ4v) is 4.47. The van der Waals surface area contributed by atoms with E-state index in [2.05, 4.69) is 10.6 Å². The van der Waals surface area contributed by atoms with E-state index in [1.165, 1.54) is 24.1 Å². The molecule has 3 N–H and O–H groups in total. The Bertz CT molecular complexity index is 1220. The number of esters is 1. The Balaban J connectivity index is 2.61. The number of alkyl carbamates (subject to hydrolysis) is 1. The molecule has 0 saturated heterocycles. The summed E-state index contributed by atoms with van der Waals surface area (Å²) in [6.07, 6.45) is 1.64. The van der Waals surface area contributed by atoms with E-state index in [0.29, 0.717) is 17.5 Å². The number of aryl methyl sites for hydroxylation is 1. The molecule has 2 unspecified atom stereocenters. The van der Waals surface area contributed by atoms with Crippen molar-refractivity contribution in [2.24, 2.45) is 0 Å². The topological polar surface area (TPSA) is 134 Å². The van der Waals surface area contributed by atoms with E-state index in [9.17, 15) is 24.3 Å². The molecule has 2 aromatic carbocycles. The van der Waals surface area contributed by atoms with Crippen LogP contribution in [0.2, 0.25) is 0 Å². The summed E-state index contributed by atoms with van der Waals surface area (Å²) >= 11 is 0. The van der Waals surface area contributed by atoms with Crippen molar-refractivity contribution in [3.05, 3.63) is 64.7 Å². The largest absolute Gasteiger partial charge is 0.508 e. The molecule has 0 aliphatic rings. The van der Waals surface area contributed by atoms with Crippen molar-refractivity contribution in [3.8, 4) is 5.75 Å². The Kier molecular flexibility index (Phi) is 12.8. The van der Waals surface area contributed by atoms with Crippen molar-refractivity contribution in [1.29, 1.82) is 0 Å². The van der Waals surface area contributed by atoms with Crippen LogP contribution in [0.4, 0.5) is 4.79 Å². The number of hydrogen-bond donors (Lipinski definition) is 3. The van der Waals surface area contributed by atoms with Crippen molar-refractivity contribution in [1.82, 2.24) is 15.5 Å². The van der Waals surface area contributed by atoms with Gasteiger partial charge in [0.1, 0.15) is 30.0 Å². The molecular weight excluding hydrogens is 538 g/mol. The highest BCUT2D eigenvalue weighted by atomic mass is 16.6. The number of phenolic OH excluding ortho intramolecular Hbond substituents is 1. The summed E-state index contributed by atoms with van der Waals surface area (Å²) in [6, 6.07) is 9.70. The SMILES string of the molecule is CCCCCN(C(=O)C(Cc1ccc(O)cc1)NC(=O)OC(C)(C)C)C(C(=O)NCC(=O)OC)c1cccc(C)c1C. The molecule has 2 rings (SSSR count). The van der Waals surface area contributed by atoms with Crippen LogP contribution in [0.25, 0.3) is 0 Å². The molecule has 0 aromatic heterocycles. The highest BCUT2D eigenvalue weighted by molar-refractivity contribution is 5.93. The van der Waals surface area contributed by atoms with E-state index in [-0.39, 0.29) is 25.3 Å². The first-order chi connectivity index (χ1) is 19.8. The highest BCUT2D eigenvalue weighted by Crippen LogP contribution is 2.28. The van der Waals surface area contributed by atoms with Gasteiger partial charge in [-0.3, -0.25) is 14.4 Å². The molecule has 0 heterocycles. The lowest BCUT2D eigenvalue weighted by Gasteiger charge is -2.35. The number of methoxy groups -OCH3 is 1. The standard InChI is InChI=1S/C32H45N3O7/c1-8-9-10-18-35(28(29(38)33-20-27(37)41-7)25-13-11-12-21(2)22(25)3)30(39)26(34-31(40)42-32(4,5)6)19-23-14-16-24(36)17-15-23/h11-17,26,28,36H,8-10,18-20H2,1-7H3,(H,33,38)(H,34,40). The van der Waals surface area contributed by atoms with Crippen LogP contribution in [-0.4, -0.2) is 65.7 Å².